The van der Waals surface area contributed by atoms with Gasteiger partial charge in [0.15, 0.2) is 0 Å². The molecule has 0 aliphatic rings. The zero-order valence-electron chi connectivity index (χ0n) is 17.8. The summed E-state index contributed by atoms with van der Waals surface area (Å²) in [5.74, 6) is -0.328. The van der Waals surface area contributed by atoms with Crippen molar-refractivity contribution < 1.29 is 19.4 Å². The van der Waals surface area contributed by atoms with Gasteiger partial charge in [-0.3, -0.25) is 14.6 Å². The zero-order valence-corrected chi connectivity index (χ0v) is 18.6. The Bertz CT molecular complexity index is 782. The topological polar surface area (TPSA) is 79.7 Å². The molecule has 0 fully saturated rings. The number of pyridine rings is 1. The predicted molar refractivity (Wildman–Crippen MR) is 118 cm³/mol. The summed E-state index contributed by atoms with van der Waals surface area (Å²) in [4.78, 5) is 31.0. The van der Waals surface area contributed by atoms with Crippen molar-refractivity contribution in [3.8, 4) is 5.75 Å². The molecule has 0 aliphatic carbocycles. The highest BCUT2D eigenvalue weighted by atomic mass is 35.5. The van der Waals surface area contributed by atoms with Gasteiger partial charge in [-0.2, -0.15) is 0 Å². The molecular formula is C23H31ClN2O4. The molecule has 0 bridgehead atoms. The van der Waals surface area contributed by atoms with E-state index < -0.39 is 11.9 Å². The van der Waals surface area contributed by atoms with Crippen LogP contribution in [0.4, 0.5) is 0 Å². The molecule has 2 aromatic rings. The summed E-state index contributed by atoms with van der Waals surface area (Å²) in [5, 5.41) is 9.48. The molecule has 1 N–H and O–H groups in total. The van der Waals surface area contributed by atoms with E-state index in [1.165, 1.54) is 0 Å². The van der Waals surface area contributed by atoms with Gasteiger partial charge in [0, 0.05) is 26.0 Å². The number of phenolic OH excluding ortho intramolecular Hbond substituents is 1. The largest absolute Gasteiger partial charge is 0.508 e. The molecule has 0 unspecified atom stereocenters. The molecule has 30 heavy (non-hydrogen) atoms. The van der Waals surface area contributed by atoms with E-state index in [1.54, 1.807) is 60.7 Å². The number of rotatable bonds is 10. The highest BCUT2D eigenvalue weighted by Crippen LogP contribution is 2.19. The fourth-order valence-corrected chi connectivity index (χ4v) is 2.94. The molecule has 6 nitrogen and oxygen atoms in total. The lowest BCUT2D eigenvalue weighted by Gasteiger charge is -2.24. The number of halogens is 1. The molecule has 0 saturated carbocycles. The Morgan fingerprint density at radius 2 is 1.70 bits per heavy atom. The van der Waals surface area contributed by atoms with Crippen molar-refractivity contribution in [3.63, 3.8) is 0 Å². The lowest BCUT2D eigenvalue weighted by molar-refractivity contribution is -0.149. The van der Waals surface area contributed by atoms with Crippen molar-refractivity contribution in [2.24, 2.45) is 11.8 Å². The van der Waals surface area contributed by atoms with E-state index in [2.05, 4.69) is 18.8 Å². The van der Waals surface area contributed by atoms with E-state index in [9.17, 15) is 14.7 Å². The highest BCUT2D eigenvalue weighted by Gasteiger charge is 2.26. The molecule has 164 valence electrons. The lowest BCUT2D eigenvalue weighted by atomic mass is 9.94. The van der Waals surface area contributed by atoms with Crippen LogP contribution in [0, 0.1) is 11.8 Å². The molecule has 1 aromatic heterocycles. The number of carbonyl (C=O) groups excluding carboxylic acids is 2. The summed E-state index contributed by atoms with van der Waals surface area (Å²) in [6.07, 6.45) is 4.61. The summed E-state index contributed by atoms with van der Waals surface area (Å²) in [7, 11) is 1.77. The van der Waals surface area contributed by atoms with Gasteiger partial charge in [0.05, 0.1) is 12.3 Å². The zero-order chi connectivity index (χ0) is 21.2. The van der Waals surface area contributed by atoms with Crippen LogP contribution in [-0.2, 0) is 27.4 Å². The molecule has 0 aliphatic heterocycles. The van der Waals surface area contributed by atoms with E-state index in [4.69, 9.17) is 4.74 Å². The minimum atomic E-state index is -0.512. The molecule has 0 radical (unpaired) electrons. The van der Waals surface area contributed by atoms with E-state index in [0.29, 0.717) is 18.9 Å². The van der Waals surface area contributed by atoms with Crippen LogP contribution in [0.15, 0.2) is 48.8 Å². The molecule has 2 rings (SSSR count). The Morgan fingerprint density at radius 3 is 2.30 bits per heavy atom. The first-order chi connectivity index (χ1) is 13.8. The molecule has 0 spiro atoms. The Labute approximate surface area is 184 Å². The van der Waals surface area contributed by atoms with E-state index in [-0.39, 0.29) is 37.1 Å². The van der Waals surface area contributed by atoms with Crippen molar-refractivity contribution >= 4 is 24.3 Å². The number of nitrogens with zero attached hydrogens (tertiary/aromatic N) is 2. The summed E-state index contributed by atoms with van der Waals surface area (Å²) in [6.45, 7) is 5.03. The van der Waals surface area contributed by atoms with Crippen LogP contribution in [0.3, 0.4) is 0 Å². The van der Waals surface area contributed by atoms with E-state index in [1.807, 2.05) is 0 Å². The van der Waals surface area contributed by atoms with Gasteiger partial charge in [-0.25, -0.2) is 0 Å². The third kappa shape index (κ3) is 8.82. The summed E-state index contributed by atoms with van der Waals surface area (Å²) in [5.41, 5.74) is 1.74. The van der Waals surface area contributed by atoms with Crippen LogP contribution < -0.4 is 0 Å². The Kier molecular flexibility index (Phi) is 10.9. The summed E-state index contributed by atoms with van der Waals surface area (Å²) >= 11 is 0. The first-order valence-corrected chi connectivity index (χ1v) is 9.92. The normalized spacial score (nSPS) is 11.5. The molecule has 1 heterocycles. The average molecular weight is 435 g/mol. The Balaban J connectivity index is 0.00000450. The first kappa shape index (κ1) is 25.4. The summed E-state index contributed by atoms with van der Waals surface area (Å²) in [6, 6.07) is 10.3. The SMILES string of the molecule is CC(C)CCN(C)C(=O)[C@@H](CC(=O)OCc1ccncc1)Cc1ccc(O)cc1.Cl. The number of amides is 1. The fraction of sp³-hybridized carbons (Fsp3) is 0.435. The minimum absolute atomic E-state index is 0. The van der Waals surface area contributed by atoms with E-state index in [0.717, 1.165) is 17.5 Å². The van der Waals surface area contributed by atoms with Gasteiger partial charge in [0.25, 0.3) is 0 Å². The first-order valence-electron chi connectivity index (χ1n) is 9.92. The smallest absolute Gasteiger partial charge is 0.306 e. The lowest BCUT2D eigenvalue weighted by Crippen LogP contribution is -2.36. The van der Waals surface area contributed by atoms with Crippen LogP contribution in [0.2, 0.25) is 0 Å². The maximum atomic E-state index is 13.0. The van der Waals surface area contributed by atoms with E-state index >= 15 is 0 Å². The van der Waals surface area contributed by atoms with Crippen LogP contribution in [0.25, 0.3) is 0 Å². The third-order valence-electron chi connectivity index (χ3n) is 4.75. The van der Waals surface area contributed by atoms with Crippen LogP contribution in [0.1, 0.15) is 37.8 Å². The maximum absolute atomic E-state index is 13.0. The molecule has 0 saturated heterocycles. The quantitative estimate of drug-likeness (QED) is 0.571. The number of ether oxygens (including phenoxy) is 1. The van der Waals surface area contributed by atoms with Crippen molar-refractivity contribution in [2.75, 3.05) is 13.6 Å². The van der Waals surface area contributed by atoms with Gasteiger partial charge >= 0.3 is 5.97 Å². The number of phenols is 1. The number of esters is 1. The average Bonchev–Trinajstić information content (AvgIpc) is 2.71. The summed E-state index contributed by atoms with van der Waals surface area (Å²) < 4.78 is 5.37. The number of aromatic hydroxyl groups is 1. The molecule has 1 aromatic carbocycles. The number of hydrogen-bond donors (Lipinski definition) is 1. The van der Waals surface area contributed by atoms with Crippen molar-refractivity contribution in [1.29, 1.82) is 0 Å². The molecule has 7 heteroatoms. The standard InChI is InChI=1S/C23H30N2O4.ClH/c1-17(2)10-13-25(3)23(28)20(14-18-4-6-21(26)7-5-18)15-22(27)29-16-19-8-11-24-12-9-19;/h4-9,11-12,17,20,26H,10,13-16H2,1-3H3;1H/t20-;/m1./s1. The van der Waals surface area contributed by atoms with Gasteiger partial charge in [0.2, 0.25) is 5.91 Å². The van der Waals surface area contributed by atoms with Crippen LogP contribution in [-0.4, -0.2) is 40.5 Å². The van der Waals surface area contributed by atoms with Crippen molar-refractivity contribution in [3.05, 3.63) is 59.9 Å². The monoisotopic (exact) mass is 434 g/mol. The minimum Gasteiger partial charge on any atom is -0.508 e. The van der Waals surface area contributed by atoms with Gasteiger partial charge in [-0.05, 0) is 54.2 Å². The fourth-order valence-electron chi connectivity index (χ4n) is 2.94. The molecular weight excluding hydrogens is 404 g/mol. The Hall–Kier alpha value is -2.60. The van der Waals surface area contributed by atoms with Gasteiger partial charge in [-0.1, -0.05) is 26.0 Å². The number of aromatic nitrogens is 1. The van der Waals surface area contributed by atoms with Crippen molar-refractivity contribution in [1.82, 2.24) is 9.88 Å². The number of benzene rings is 1. The maximum Gasteiger partial charge on any atom is 0.306 e. The molecule has 1 atom stereocenters. The second kappa shape index (κ2) is 12.9. The van der Waals surface area contributed by atoms with Gasteiger partial charge in [-0.15, -0.1) is 12.4 Å². The third-order valence-corrected chi connectivity index (χ3v) is 4.75. The van der Waals surface area contributed by atoms with Gasteiger partial charge < -0.3 is 14.7 Å². The van der Waals surface area contributed by atoms with Crippen molar-refractivity contribution in [2.45, 2.75) is 39.7 Å². The van der Waals surface area contributed by atoms with Crippen LogP contribution in [0.5, 0.6) is 5.75 Å². The highest BCUT2D eigenvalue weighted by molar-refractivity contribution is 5.85. The number of carbonyl (C=O) groups is 2. The second-order valence-electron chi connectivity index (χ2n) is 7.73. The second-order valence-corrected chi connectivity index (χ2v) is 7.73. The number of hydrogen-bond acceptors (Lipinski definition) is 5. The van der Waals surface area contributed by atoms with Gasteiger partial charge in [0.1, 0.15) is 12.4 Å². The van der Waals surface area contributed by atoms with Crippen LogP contribution >= 0.6 is 12.4 Å². The predicted octanol–water partition coefficient (Wildman–Crippen LogP) is 4.01. The Morgan fingerprint density at radius 1 is 1.07 bits per heavy atom. The molecule has 1 amide bonds.